The van der Waals surface area contributed by atoms with Gasteiger partial charge in [0.15, 0.2) is 24.8 Å². The Hall–Kier alpha value is -10.4. The van der Waals surface area contributed by atoms with E-state index in [9.17, 15) is 0 Å². The van der Waals surface area contributed by atoms with E-state index < -0.39 is 0 Å². The van der Waals surface area contributed by atoms with E-state index in [4.69, 9.17) is 18.9 Å². The fourth-order valence-corrected chi connectivity index (χ4v) is 22.1. The van der Waals surface area contributed by atoms with Gasteiger partial charge in [-0.2, -0.15) is 0 Å². The molecule has 0 atom stereocenters. The van der Waals surface area contributed by atoms with Crippen molar-refractivity contribution in [3.63, 3.8) is 0 Å². The van der Waals surface area contributed by atoms with Gasteiger partial charge < -0.3 is 18.9 Å². The second kappa shape index (κ2) is 35.3. The minimum Gasteiger partial charge on any atom is -0.487 e. The molecule has 4 spiro atoms. The maximum absolute atomic E-state index is 6.81. The van der Waals surface area contributed by atoms with E-state index in [-0.39, 0.29) is 73.8 Å². The summed E-state index contributed by atoms with van der Waals surface area (Å²) < 4.78 is 35.5. The zero-order chi connectivity index (χ0) is 83.0. The van der Waals surface area contributed by atoms with Gasteiger partial charge in [0.1, 0.15) is 73.6 Å². The Morgan fingerprint density at radius 1 is 0.228 bits per heavy atom. The van der Waals surface area contributed by atoms with Crippen molar-refractivity contribution in [1.29, 1.82) is 0 Å². The molecule has 0 N–H and O–H groups in total. The van der Waals surface area contributed by atoms with Gasteiger partial charge in [-0.05, 0) is 327 Å². The van der Waals surface area contributed by atoms with E-state index in [1.165, 1.54) is 230 Å². The second-order valence-electron chi connectivity index (χ2n) is 39.6. The van der Waals surface area contributed by atoms with Gasteiger partial charge in [-0.3, -0.25) is 0 Å². The molecule has 642 valence electrons. The predicted octanol–water partition coefficient (Wildman–Crippen LogP) is 28.3. The van der Waals surface area contributed by atoms with Crippen molar-refractivity contribution >= 4 is 0 Å². The van der Waals surface area contributed by atoms with Crippen molar-refractivity contribution < 1.29 is 37.2 Å². The zero-order valence-corrected chi connectivity index (χ0v) is 74.0. The number of ether oxygens (including phenoxy) is 4. The molecule has 4 saturated carbocycles. The molecule has 8 aromatic carbocycles. The van der Waals surface area contributed by atoms with Gasteiger partial charge in [0, 0.05) is 70.8 Å². The van der Waals surface area contributed by atoms with Crippen LogP contribution in [0.5, 0.6) is 23.0 Å². The number of hydrogen-bond donors (Lipinski definition) is 0. The molecule has 20 rings (SSSR count). The first kappa shape index (κ1) is 90.3. The Balaban J connectivity index is 0.000000140. The second-order valence-corrected chi connectivity index (χ2v) is 39.6. The van der Waals surface area contributed by atoms with Crippen LogP contribution < -0.4 is 37.2 Å². The number of nitrogens with zero attached hydrogens (tertiary/aromatic N) is 4. The van der Waals surface area contributed by atoms with E-state index in [1.54, 1.807) is 0 Å². The van der Waals surface area contributed by atoms with Crippen molar-refractivity contribution in [2.24, 2.45) is 28.2 Å². The number of aryl methyl sites for hydroxylation is 8. The fraction of sp³-hybridized carbons (Fsp3) is 0.409. The Labute approximate surface area is 739 Å². The molecule has 0 saturated heterocycles. The highest BCUT2D eigenvalue weighted by Gasteiger charge is 2.54. The average Bonchev–Trinajstić information content (AvgIpc) is 1.64. The molecule has 8 heterocycles. The van der Waals surface area contributed by atoms with E-state index in [0.717, 1.165) is 48.7 Å². The zero-order valence-electron chi connectivity index (χ0n) is 74.0. The van der Waals surface area contributed by atoms with Gasteiger partial charge in [-0.15, -0.1) is 0 Å². The molecule has 0 amide bonds. The highest BCUT2D eigenvalue weighted by molar-refractivity contribution is 5.79. The van der Waals surface area contributed by atoms with Crippen LogP contribution in [-0.4, -0.2) is 22.4 Å². The predicted molar refractivity (Wildman–Crippen MR) is 513 cm³/mol. The van der Waals surface area contributed by atoms with Crippen LogP contribution in [0.25, 0.3) is 89.5 Å². The summed E-state index contributed by atoms with van der Waals surface area (Å²) in [5.41, 5.74) is 31.4. The summed E-state index contributed by atoms with van der Waals surface area (Å²) in [7, 11) is 8.43. The Bertz CT molecular complexity index is 5650. The highest BCUT2D eigenvalue weighted by atomic mass is 16.5. The molecule has 4 aliphatic heterocycles. The topological polar surface area (TPSA) is 52.4 Å². The third-order valence-electron chi connectivity index (χ3n) is 28.4. The summed E-state index contributed by atoms with van der Waals surface area (Å²) in [5, 5.41) is 0. The summed E-state index contributed by atoms with van der Waals surface area (Å²) in [5.74, 6) is 4.37. The monoisotopic (exact) mass is 1640 g/mol. The number of hydrogen-bond acceptors (Lipinski definition) is 4. The third kappa shape index (κ3) is 18.3. The number of aromatic nitrogens is 4. The number of benzene rings is 8. The summed E-state index contributed by atoms with van der Waals surface area (Å²) >= 11 is 0. The molecule has 4 aliphatic carbocycles. The lowest BCUT2D eigenvalue weighted by Gasteiger charge is -2.48. The van der Waals surface area contributed by atoms with Crippen LogP contribution in [0.3, 0.4) is 0 Å². The maximum Gasteiger partial charge on any atom is 0.212 e. The Kier molecular flexibility index (Phi) is 25.9. The number of rotatable bonds is 8. The molecule has 8 nitrogen and oxygen atoms in total. The van der Waals surface area contributed by atoms with E-state index in [1.807, 2.05) is 0 Å². The van der Waals surface area contributed by atoms with Crippen LogP contribution in [0.15, 0.2) is 243 Å². The summed E-state index contributed by atoms with van der Waals surface area (Å²) in [4.78, 5) is 0. The third-order valence-corrected chi connectivity index (χ3v) is 28.4. The van der Waals surface area contributed by atoms with Crippen molar-refractivity contribution in [2.75, 3.05) is 0 Å². The molecular formula is C115H142N4O4+4. The fourth-order valence-electron chi connectivity index (χ4n) is 22.1. The molecule has 4 fully saturated rings. The quantitative estimate of drug-likeness (QED) is 0.142. The van der Waals surface area contributed by atoms with E-state index in [2.05, 4.69) is 373 Å². The van der Waals surface area contributed by atoms with Crippen LogP contribution in [-0.2, 0) is 49.9 Å². The standard InChI is InChI=1S/C29H34NO.2C28H32NO.C26H28NO.4CH4/c1-21-11-12-22(18-24(21)26-10-6-9-17-30(26)4)23-13-14-25-27(19-23)31-29(20-28(25,2)3)15-7-5-8-16-29;2*1-20-10-11-21(17-23(20)25-9-5-8-16-29(25)4)22-12-13-24-26(18-22)30-28(14-6-7-15-28)19-27(24,2)3;1-18-8-9-19(15-21(18)23-7-5-6-14-27(23)4)20-10-11-22-24(16-20)28-26(12-13-26)17-25(22,2)3;;;;/h6,9-14,17-19H,5,7-8,15-16,20H2,1-4H3;2*5,8-13,16-18H,6-7,14-15,19H2,1-4H3;5-11,14-16H,12-13,17H2,1-4H3;4*1H4/q4*+1;;;;. The largest absolute Gasteiger partial charge is 0.487 e. The average molecular weight is 1640 g/mol. The minimum atomic E-state index is 0. The summed E-state index contributed by atoms with van der Waals surface area (Å²) in [6.45, 7) is 27.8. The maximum atomic E-state index is 6.81. The summed E-state index contributed by atoms with van der Waals surface area (Å²) in [6, 6.07) is 80.1. The molecule has 8 heteroatoms. The van der Waals surface area contributed by atoms with Crippen molar-refractivity contribution in [3.05, 3.63) is 288 Å². The molecule has 0 radical (unpaired) electrons. The first-order valence-corrected chi connectivity index (χ1v) is 44.6. The van der Waals surface area contributed by atoms with Crippen LogP contribution >= 0.6 is 0 Å². The van der Waals surface area contributed by atoms with Crippen LogP contribution in [0.2, 0.25) is 0 Å². The molecule has 0 unspecified atom stereocenters. The normalized spacial score (nSPS) is 18.1. The molecule has 4 aromatic heterocycles. The lowest BCUT2D eigenvalue weighted by molar-refractivity contribution is -0.660. The number of pyridine rings is 4. The van der Waals surface area contributed by atoms with Crippen LogP contribution in [0.1, 0.15) is 252 Å². The molecule has 123 heavy (non-hydrogen) atoms. The van der Waals surface area contributed by atoms with Gasteiger partial charge in [0.2, 0.25) is 22.8 Å². The molecular weight excluding hydrogens is 1500 g/mol. The lowest BCUT2D eigenvalue weighted by Crippen LogP contribution is -2.47. The smallest absolute Gasteiger partial charge is 0.212 e. The van der Waals surface area contributed by atoms with Gasteiger partial charge in [0.25, 0.3) is 0 Å². The van der Waals surface area contributed by atoms with E-state index in [0.29, 0.717) is 0 Å². The Morgan fingerprint density at radius 3 is 0.634 bits per heavy atom. The first-order chi connectivity index (χ1) is 57.0. The lowest BCUT2D eigenvalue weighted by atomic mass is 9.68. The van der Waals surface area contributed by atoms with Crippen LogP contribution in [0, 0.1) is 27.7 Å². The van der Waals surface area contributed by atoms with Gasteiger partial charge in [-0.25, -0.2) is 18.3 Å². The van der Waals surface area contributed by atoms with Crippen molar-refractivity contribution in [2.45, 2.75) is 279 Å². The molecule has 8 aliphatic rings. The molecule has 12 aromatic rings. The molecule has 0 bridgehead atoms. The van der Waals surface area contributed by atoms with Crippen molar-refractivity contribution in [3.8, 4) is 113 Å². The Morgan fingerprint density at radius 2 is 0.423 bits per heavy atom. The first-order valence-electron chi connectivity index (χ1n) is 44.6. The van der Waals surface area contributed by atoms with Gasteiger partial charge in [-0.1, -0.05) is 189 Å². The summed E-state index contributed by atoms with van der Waals surface area (Å²) in [6.07, 6.45) is 31.6. The van der Waals surface area contributed by atoms with Gasteiger partial charge >= 0.3 is 0 Å². The number of fused-ring (bicyclic) bond motifs is 4. The van der Waals surface area contributed by atoms with E-state index >= 15 is 0 Å². The SMILES string of the molecule is C.C.C.C.Cc1ccc(-c2ccc3c(c2)OC2(CC2)CC3(C)C)cc1-c1cccc[n+]1C.Cc1ccc(-c2ccc3c(c2)OC2(CCCC2)CC3(C)C)cc1-c1cccc[n+]1C.Cc1ccc(-c2ccc3c(c2)OC2(CCCC2)CC3(C)C)cc1-c1cccc[n+]1C.Cc1ccc(-c2ccc3c(c2)OC2(CCCCC2)CC3(C)C)cc1-c1cccc[n+]1C. The minimum absolute atomic E-state index is 0. The van der Waals surface area contributed by atoms with Crippen molar-refractivity contribution in [1.82, 2.24) is 0 Å². The highest BCUT2D eigenvalue weighted by Crippen LogP contribution is 2.58. The van der Waals surface area contributed by atoms with Gasteiger partial charge in [0.05, 0.1) is 0 Å². The van der Waals surface area contributed by atoms with Crippen LogP contribution in [0.4, 0.5) is 0 Å².